The first-order valence-electron chi connectivity index (χ1n) is 6.96. The molecule has 23 heavy (non-hydrogen) atoms. The van der Waals surface area contributed by atoms with Crippen molar-refractivity contribution in [3.05, 3.63) is 36.2 Å². The summed E-state index contributed by atoms with van der Waals surface area (Å²) >= 11 is 0. The third-order valence-corrected chi connectivity index (χ3v) is 2.99. The molecule has 2 N–H and O–H groups in total. The van der Waals surface area contributed by atoms with Crippen LogP contribution in [0, 0.1) is 0 Å². The van der Waals surface area contributed by atoms with Crippen molar-refractivity contribution in [3.8, 4) is 17.2 Å². The van der Waals surface area contributed by atoms with E-state index in [1.54, 1.807) is 44.7 Å². The Kier molecular flexibility index (Phi) is 5.81. The van der Waals surface area contributed by atoms with Crippen molar-refractivity contribution in [2.24, 2.45) is 0 Å². The maximum atomic E-state index is 11.7. The summed E-state index contributed by atoms with van der Waals surface area (Å²) in [7, 11) is 3.08. The number of ether oxygens (including phenoxy) is 3. The van der Waals surface area contributed by atoms with Gasteiger partial charge < -0.3 is 24.6 Å². The topological polar surface area (TPSA) is 94.8 Å². The molecule has 0 spiro atoms. The molecule has 8 heteroatoms. The molecule has 8 nitrogen and oxygen atoms in total. The number of methoxy groups -OCH3 is 2. The van der Waals surface area contributed by atoms with Crippen LogP contribution in [-0.2, 0) is 6.73 Å². The largest absolute Gasteiger partial charge is 0.493 e. The number of benzene rings is 1. The monoisotopic (exact) mass is 321 g/mol. The Morgan fingerprint density at radius 1 is 1.26 bits per heavy atom. The number of hydrogen-bond donors (Lipinski definition) is 2. The van der Waals surface area contributed by atoms with Crippen LogP contribution in [0.4, 0.5) is 0 Å². The summed E-state index contributed by atoms with van der Waals surface area (Å²) in [5, 5.41) is 15.3. The van der Waals surface area contributed by atoms with Crippen molar-refractivity contribution in [1.82, 2.24) is 15.1 Å². The molecular weight excluding hydrogens is 302 g/mol. The standard InChI is InChI=1S/C15H19N3O5/c1-21-12-4-3-5-13(22-2)14(12)23-10-18-8-6-11(17-18)15(20)16-7-9-19/h3-6,8,19H,7,9-10H2,1-2H3,(H,16,20). The van der Waals surface area contributed by atoms with Gasteiger partial charge in [0.25, 0.3) is 5.91 Å². The quantitative estimate of drug-likeness (QED) is 0.742. The van der Waals surface area contributed by atoms with Crippen LogP contribution in [0.1, 0.15) is 10.5 Å². The van der Waals surface area contributed by atoms with Gasteiger partial charge in [0.15, 0.2) is 18.2 Å². The summed E-state index contributed by atoms with van der Waals surface area (Å²) in [6, 6.07) is 6.88. The Hall–Kier alpha value is -2.74. The summed E-state index contributed by atoms with van der Waals surface area (Å²) in [6.07, 6.45) is 1.62. The summed E-state index contributed by atoms with van der Waals surface area (Å²) in [4.78, 5) is 11.7. The van der Waals surface area contributed by atoms with Crippen molar-refractivity contribution >= 4 is 5.91 Å². The number of para-hydroxylation sites is 1. The number of aromatic nitrogens is 2. The minimum absolute atomic E-state index is 0.0873. The molecule has 0 atom stereocenters. The fraction of sp³-hybridized carbons (Fsp3) is 0.333. The predicted molar refractivity (Wildman–Crippen MR) is 81.8 cm³/mol. The van der Waals surface area contributed by atoms with Gasteiger partial charge in [-0.1, -0.05) is 6.07 Å². The lowest BCUT2D eigenvalue weighted by atomic mass is 10.3. The van der Waals surface area contributed by atoms with Gasteiger partial charge in [-0.2, -0.15) is 5.10 Å². The van der Waals surface area contributed by atoms with Crippen LogP contribution in [0.2, 0.25) is 0 Å². The van der Waals surface area contributed by atoms with E-state index in [4.69, 9.17) is 19.3 Å². The smallest absolute Gasteiger partial charge is 0.271 e. The summed E-state index contributed by atoms with van der Waals surface area (Å²) in [5.41, 5.74) is 0.244. The second-order valence-electron chi connectivity index (χ2n) is 4.49. The first kappa shape index (κ1) is 16.6. The first-order chi connectivity index (χ1) is 11.2. The number of hydrogen-bond acceptors (Lipinski definition) is 6. The highest BCUT2D eigenvalue weighted by Crippen LogP contribution is 2.36. The lowest BCUT2D eigenvalue weighted by Gasteiger charge is -2.13. The van der Waals surface area contributed by atoms with Crippen LogP contribution in [0.15, 0.2) is 30.5 Å². The number of aliphatic hydroxyl groups is 1. The highest BCUT2D eigenvalue weighted by atomic mass is 16.5. The number of nitrogens with zero attached hydrogens (tertiary/aromatic N) is 2. The maximum Gasteiger partial charge on any atom is 0.271 e. The van der Waals surface area contributed by atoms with E-state index >= 15 is 0 Å². The van der Waals surface area contributed by atoms with Crippen LogP contribution < -0.4 is 19.5 Å². The minimum Gasteiger partial charge on any atom is -0.493 e. The molecule has 2 aromatic rings. The lowest BCUT2D eigenvalue weighted by molar-refractivity contribution is 0.0937. The fourth-order valence-electron chi connectivity index (χ4n) is 1.90. The molecule has 0 unspecified atom stereocenters. The number of aliphatic hydroxyl groups excluding tert-OH is 1. The van der Waals surface area contributed by atoms with E-state index < -0.39 is 0 Å². The van der Waals surface area contributed by atoms with Gasteiger partial charge >= 0.3 is 0 Å². The minimum atomic E-state index is -0.354. The van der Waals surface area contributed by atoms with Crippen LogP contribution >= 0.6 is 0 Å². The van der Waals surface area contributed by atoms with Gasteiger partial charge in [0, 0.05) is 12.7 Å². The Labute approximate surface area is 133 Å². The van der Waals surface area contributed by atoms with Gasteiger partial charge in [-0.25, -0.2) is 4.68 Å². The van der Waals surface area contributed by atoms with E-state index in [9.17, 15) is 4.79 Å². The third kappa shape index (κ3) is 4.13. The van der Waals surface area contributed by atoms with E-state index in [-0.39, 0.29) is 31.5 Å². The molecule has 1 heterocycles. The molecule has 1 aromatic carbocycles. The highest BCUT2D eigenvalue weighted by Gasteiger charge is 2.13. The molecule has 124 valence electrons. The summed E-state index contributed by atoms with van der Waals surface area (Å²) in [5.74, 6) is 1.18. The third-order valence-electron chi connectivity index (χ3n) is 2.99. The molecule has 0 fully saturated rings. The molecular formula is C15H19N3O5. The van der Waals surface area contributed by atoms with Crippen molar-refractivity contribution in [3.63, 3.8) is 0 Å². The molecule has 1 aromatic heterocycles. The molecule has 0 aliphatic heterocycles. The van der Waals surface area contributed by atoms with Crippen LogP contribution in [-0.4, -0.2) is 48.2 Å². The zero-order chi connectivity index (χ0) is 16.7. The zero-order valence-electron chi connectivity index (χ0n) is 13.0. The second-order valence-corrected chi connectivity index (χ2v) is 4.49. The second kappa shape index (κ2) is 8.04. The van der Waals surface area contributed by atoms with Gasteiger partial charge in [0.1, 0.15) is 5.69 Å². The maximum absolute atomic E-state index is 11.7. The van der Waals surface area contributed by atoms with Gasteiger partial charge in [0.2, 0.25) is 5.75 Å². The Morgan fingerprint density at radius 2 is 1.96 bits per heavy atom. The summed E-state index contributed by atoms with van der Waals surface area (Å²) < 4.78 is 17.6. The van der Waals surface area contributed by atoms with Crippen molar-refractivity contribution in [2.75, 3.05) is 27.4 Å². The zero-order valence-corrected chi connectivity index (χ0v) is 13.0. The van der Waals surface area contributed by atoms with E-state index in [0.29, 0.717) is 17.2 Å². The van der Waals surface area contributed by atoms with Crippen LogP contribution in [0.25, 0.3) is 0 Å². The Balaban J connectivity index is 2.04. The normalized spacial score (nSPS) is 10.2. The average Bonchev–Trinajstić information content (AvgIpc) is 3.06. The van der Waals surface area contributed by atoms with E-state index in [2.05, 4.69) is 10.4 Å². The van der Waals surface area contributed by atoms with Crippen LogP contribution in [0.3, 0.4) is 0 Å². The highest BCUT2D eigenvalue weighted by molar-refractivity contribution is 5.92. The van der Waals surface area contributed by atoms with Gasteiger partial charge in [-0.15, -0.1) is 0 Å². The fourth-order valence-corrected chi connectivity index (χ4v) is 1.90. The van der Waals surface area contributed by atoms with Gasteiger partial charge in [-0.05, 0) is 18.2 Å². The molecule has 0 bridgehead atoms. The summed E-state index contributed by atoms with van der Waals surface area (Å²) in [6.45, 7) is 0.147. The molecule has 0 radical (unpaired) electrons. The Bertz CT molecular complexity index is 634. The molecule has 0 aliphatic carbocycles. The number of rotatable bonds is 8. The molecule has 0 aliphatic rings. The number of nitrogens with one attached hydrogen (secondary N) is 1. The molecule has 0 saturated carbocycles. The SMILES string of the molecule is COc1cccc(OC)c1OCn1ccc(C(=O)NCCO)n1. The predicted octanol–water partition coefficient (Wildman–Crippen LogP) is 0.659. The van der Waals surface area contributed by atoms with Crippen molar-refractivity contribution in [1.29, 1.82) is 0 Å². The van der Waals surface area contributed by atoms with Crippen LogP contribution in [0.5, 0.6) is 17.2 Å². The molecule has 0 saturated heterocycles. The van der Waals surface area contributed by atoms with E-state index in [1.165, 1.54) is 4.68 Å². The van der Waals surface area contributed by atoms with Crippen molar-refractivity contribution in [2.45, 2.75) is 6.73 Å². The first-order valence-corrected chi connectivity index (χ1v) is 6.96. The molecule has 2 rings (SSSR count). The van der Waals surface area contributed by atoms with E-state index in [1.807, 2.05) is 0 Å². The number of amides is 1. The number of carbonyl (C=O) groups excluding carboxylic acids is 1. The number of carbonyl (C=O) groups is 1. The van der Waals surface area contributed by atoms with Crippen molar-refractivity contribution < 1.29 is 24.1 Å². The molecule has 1 amide bonds. The lowest BCUT2D eigenvalue weighted by Crippen LogP contribution is -2.27. The van der Waals surface area contributed by atoms with E-state index in [0.717, 1.165) is 0 Å². The Morgan fingerprint density at radius 3 is 2.57 bits per heavy atom. The average molecular weight is 321 g/mol. The van der Waals surface area contributed by atoms with Gasteiger partial charge in [0.05, 0.1) is 20.8 Å². The van der Waals surface area contributed by atoms with Gasteiger partial charge in [-0.3, -0.25) is 4.79 Å².